The molecule has 0 saturated heterocycles. The van der Waals surface area contributed by atoms with Crippen molar-refractivity contribution in [3.63, 3.8) is 0 Å². The third-order valence-electron chi connectivity index (χ3n) is 3.97. The second kappa shape index (κ2) is 8.34. The van der Waals surface area contributed by atoms with Crippen LogP contribution in [0.5, 0.6) is 0 Å². The van der Waals surface area contributed by atoms with E-state index < -0.39 is 17.6 Å². The highest BCUT2D eigenvalue weighted by Gasteiger charge is 2.19. The topological polar surface area (TPSA) is 88.7 Å². The molecule has 1 N–H and O–H groups in total. The zero-order valence-corrected chi connectivity index (χ0v) is 15.4. The highest BCUT2D eigenvalue weighted by Crippen LogP contribution is 2.26. The number of benzene rings is 2. The molecule has 0 aliphatic carbocycles. The number of aryl methyl sites for hydroxylation is 1. The van der Waals surface area contributed by atoms with E-state index in [-0.39, 0.29) is 12.1 Å². The van der Waals surface area contributed by atoms with Gasteiger partial charge in [0, 0.05) is 5.69 Å². The van der Waals surface area contributed by atoms with Crippen molar-refractivity contribution < 1.29 is 14.0 Å². The number of nitrogens with one attached hydrogen (secondary N) is 1. The van der Waals surface area contributed by atoms with E-state index in [2.05, 4.69) is 20.6 Å². The molecule has 1 heterocycles. The Bertz CT molecular complexity index is 1040. The minimum Gasteiger partial charge on any atom is -0.326 e. The summed E-state index contributed by atoms with van der Waals surface area (Å²) in [6.45, 7) is 3.30. The summed E-state index contributed by atoms with van der Waals surface area (Å²) in [4.78, 5) is 24.6. The van der Waals surface area contributed by atoms with E-state index in [1.807, 2.05) is 6.07 Å². The molecule has 0 bridgehead atoms. The average Bonchev–Trinajstić information content (AvgIpc) is 2.96. The first-order valence-electron chi connectivity index (χ1n) is 8.56. The van der Waals surface area contributed by atoms with Crippen molar-refractivity contribution in [3.8, 4) is 0 Å². The van der Waals surface area contributed by atoms with E-state index in [1.165, 1.54) is 12.1 Å². The third-order valence-corrected chi connectivity index (χ3v) is 3.97. The fourth-order valence-electron chi connectivity index (χ4n) is 2.60. The molecular formula is C20H18FN5O2. The standard InChI is InChI=1S/C20H18FN5O2/c1-13-20(24-23-17-11-7-6-10-16(17)21)14(2)26(25-13)19(28)12-18(27)22-15-8-4-3-5-9-15/h3-11H,12H2,1-2H3,(H,22,27). The number of para-hydroxylation sites is 1. The molecule has 0 saturated carbocycles. The van der Waals surface area contributed by atoms with Crippen LogP contribution in [0, 0.1) is 19.7 Å². The first-order valence-corrected chi connectivity index (χ1v) is 8.56. The number of hydrogen-bond acceptors (Lipinski definition) is 5. The lowest BCUT2D eigenvalue weighted by Crippen LogP contribution is -2.22. The Morgan fingerprint density at radius 2 is 1.71 bits per heavy atom. The molecule has 0 fully saturated rings. The minimum absolute atomic E-state index is 0.0858. The Kier molecular flexibility index (Phi) is 5.69. The van der Waals surface area contributed by atoms with E-state index in [4.69, 9.17) is 0 Å². The van der Waals surface area contributed by atoms with Crippen LogP contribution >= 0.6 is 0 Å². The lowest BCUT2D eigenvalue weighted by molar-refractivity contribution is -0.115. The summed E-state index contributed by atoms with van der Waals surface area (Å²) >= 11 is 0. The highest BCUT2D eigenvalue weighted by atomic mass is 19.1. The van der Waals surface area contributed by atoms with Crippen molar-refractivity contribution >= 4 is 28.9 Å². The lowest BCUT2D eigenvalue weighted by Gasteiger charge is -2.05. The van der Waals surface area contributed by atoms with Crippen molar-refractivity contribution in [1.29, 1.82) is 0 Å². The number of amides is 1. The van der Waals surface area contributed by atoms with Gasteiger partial charge in [-0.15, -0.1) is 10.2 Å². The van der Waals surface area contributed by atoms with Crippen LogP contribution in [0.4, 0.5) is 21.5 Å². The average molecular weight is 379 g/mol. The van der Waals surface area contributed by atoms with Crippen LogP contribution < -0.4 is 5.32 Å². The first kappa shape index (κ1) is 19.1. The van der Waals surface area contributed by atoms with Gasteiger partial charge in [0.1, 0.15) is 17.8 Å². The maximum atomic E-state index is 13.7. The Morgan fingerprint density at radius 1 is 1.04 bits per heavy atom. The van der Waals surface area contributed by atoms with E-state index in [1.54, 1.807) is 50.2 Å². The molecule has 0 unspecified atom stereocenters. The van der Waals surface area contributed by atoms with Crippen LogP contribution in [0.3, 0.4) is 0 Å². The molecular weight excluding hydrogens is 361 g/mol. The Hall–Kier alpha value is -3.68. The number of anilines is 1. The molecule has 28 heavy (non-hydrogen) atoms. The number of carbonyl (C=O) groups excluding carboxylic acids is 2. The molecule has 0 spiro atoms. The van der Waals surface area contributed by atoms with Crippen LogP contribution in [0.1, 0.15) is 22.6 Å². The molecule has 0 aliphatic heterocycles. The van der Waals surface area contributed by atoms with Gasteiger partial charge in [-0.1, -0.05) is 30.3 Å². The minimum atomic E-state index is -0.499. The number of azo groups is 1. The smallest absolute Gasteiger partial charge is 0.256 e. The number of nitrogens with zero attached hydrogens (tertiary/aromatic N) is 4. The molecule has 1 aromatic heterocycles. The number of hydrogen-bond donors (Lipinski definition) is 1. The fourth-order valence-corrected chi connectivity index (χ4v) is 2.60. The van der Waals surface area contributed by atoms with Gasteiger partial charge in [0.25, 0.3) is 5.91 Å². The highest BCUT2D eigenvalue weighted by molar-refractivity contribution is 6.04. The van der Waals surface area contributed by atoms with Crippen molar-refractivity contribution in [2.75, 3.05) is 5.32 Å². The largest absolute Gasteiger partial charge is 0.326 e. The summed E-state index contributed by atoms with van der Waals surface area (Å²) in [6.07, 6.45) is -0.374. The zero-order valence-electron chi connectivity index (χ0n) is 15.4. The molecule has 1 amide bonds. The van der Waals surface area contributed by atoms with Gasteiger partial charge in [-0.3, -0.25) is 9.59 Å². The Labute approximate surface area is 160 Å². The van der Waals surface area contributed by atoms with Gasteiger partial charge < -0.3 is 5.32 Å². The Morgan fingerprint density at radius 3 is 2.43 bits per heavy atom. The summed E-state index contributed by atoms with van der Waals surface area (Å²) in [6, 6.07) is 14.8. The maximum Gasteiger partial charge on any atom is 0.256 e. The second-order valence-electron chi connectivity index (χ2n) is 6.07. The van der Waals surface area contributed by atoms with E-state index in [0.29, 0.717) is 22.8 Å². The van der Waals surface area contributed by atoms with Crippen LogP contribution in [0.15, 0.2) is 64.8 Å². The van der Waals surface area contributed by atoms with Gasteiger partial charge in [0.2, 0.25) is 5.91 Å². The number of rotatable bonds is 5. The van der Waals surface area contributed by atoms with E-state index in [0.717, 1.165) is 4.68 Å². The summed E-state index contributed by atoms with van der Waals surface area (Å²) in [5.74, 6) is -1.44. The van der Waals surface area contributed by atoms with Crippen LogP contribution in [-0.2, 0) is 4.79 Å². The molecule has 0 atom stereocenters. The second-order valence-corrected chi connectivity index (χ2v) is 6.07. The Balaban J connectivity index is 1.74. The maximum absolute atomic E-state index is 13.7. The molecule has 7 nitrogen and oxygen atoms in total. The van der Waals surface area contributed by atoms with Gasteiger partial charge in [0.05, 0.1) is 11.4 Å². The summed E-state index contributed by atoms with van der Waals surface area (Å²) < 4.78 is 14.8. The zero-order chi connectivity index (χ0) is 20.1. The quantitative estimate of drug-likeness (QED) is 0.514. The molecule has 0 radical (unpaired) electrons. The predicted octanol–water partition coefficient (Wildman–Crippen LogP) is 4.72. The summed E-state index contributed by atoms with van der Waals surface area (Å²) in [5, 5.41) is 14.7. The van der Waals surface area contributed by atoms with E-state index in [9.17, 15) is 14.0 Å². The fraction of sp³-hybridized carbons (Fsp3) is 0.150. The lowest BCUT2D eigenvalue weighted by atomic mass is 10.3. The van der Waals surface area contributed by atoms with Gasteiger partial charge in [0.15, 0.2) is 5.82 Å². The van der Waals surface area contributed by atoms with Crippen LogP contribution in [-0.4, -0.2) is 21.6 Å². The van der Waals surface area contributed by atoms with Gasteiger partial charge in [-0.05, 0) is 38.1 Å². The van der Waals surface area contributed by atoms with Crippen molar-refractivity contribution in [1.82, 2.24) is 9.78 Å². The number of aromatic nitrogens is 2. The summed E-state index contributed by atoms with van der Waals surface area (Å²) in [7, 11) is 0. The molecule has 8 heteroatoms. The van der Waals surface area contributed by atoms with Crippen LogP contribution in [0.25, 0.3) is 0 Å². The molecule has 2 aromatic carbocycles. The van der Waals surface area contributed by atoms with E-state index >= 15 is 0 Å². The van der Waals surface area contributed by atoms with Crippen molar-refractivity contribution in [3.05, 3.63) is 71.8 Å². The molecule has 142 valence electrons. The monoisotopic (exact) mass is 379 g/mol. The SMILES string of the molecule is Cc1nn(C(=O)CC(=O)Nc2ccccc2)c(C)c1N=Nc1ccccc1F. The van der Waals surface area contributed by atoms with Crippen molar-refractivity contribution in [2.45, 2.75) is 20.3 Å². The normalized spacial score (nSPS) is 11.0. The van der Waals surface area contributed by atoms with Crippen LogP contribution in [0.2, 0.25) is 0 Å². The predicted molar refractivity (Wildman–Crippen MR) is 103 cm³/mol. The van der Waals surface area contributed by atoms with Gasteiger partial charge >= 0.3 is 0 Å². The molecule has 3 rings (SSSR count). The summed E-state index contributed by atoms with van der Waals surface area (Å²) in [5.41, 5.74) is 1.93. The molecule has 0 aliphatic rings. The van der Waals surface area contributed by atoms with Crippen molar-refractivity contribution in [2.24, 2.45) is 10.2 Å². The first-order chi connectivity index (χ1) is 13.5. The number of carbonyl (C=O) groups is 2. The third kappa shape index (κ3) is 4.35. The number of halogens is 1. The van der Waals surface area contributed by atoms with Gasteiger partial charge in [-0.2, -0.15) is 5.10 Å². The van der Waals surface area contributed by atoms with Gasteiger partial charge in [-0.25, -0.2) is 9.07 Å². The molecule has 3 aromatic rings.